The van der Waals surface area contributed by atoms with E-state index in [0.29, 0.717) is 18.7 Å². The first-order valence-corrected chi connectivity index (χ1v) is 9.62. The summed E-state index contributed by atoms with van der Waals surface area (Å²) in [6, 6.07) is 5.76. The molecule has 1 aromatic carbocycles. The largest absolute Gasteiger partial charge is 0.351 e. The molecule has 0 saturated heterocycles. The first kappa shape index (κ1) is 20.0. The molecule has 148 valence electrons. The molecule has 28 heavy (non-hydrogen) atoms. The zero-order valence-corrected chi connectivity index (χ0v) is 17.1. The van der Waals surface area contributed by atoms with Crippen LogP contribution in [-0.4, -0.2) is 33.8 Å². The number of carbonyl (C=O) groups is 3. The number of benzene rings is 1. The fourth-order valence-electron chi connectivity index (χ4n) is 4.32. The fourth-order valence-corrected chi connectivity index (χ4v) is 4.32. The number of nitrogens with zero attached hydrogens (tertiary/aromatic N) is 2. The minimum absolute atomic E-state index is 0.0151. The SMILES string of the molecule is Cc1cc(C)c(C2C(=O)CC(CCNC(=O)c3cc(C)nn3C)C2=O)c(C)c1. The molecule has 0 aliphatic heterocycles. The first-order valence-electron chi connectivity index (χ1n) is 9.62. The molecule has 2 atom stereocenters. The van der Waals surface area contributed by atoms with E-state index in [2.05, 4.69) is 10.4 Å². The van der Waals surface area contributed by atoms with E-state index in [1.165, 1.54) is 4.68 Å². The van der Waals surface area contributed by atoms with E-state index in [4.69, 9.17) is 0 Å². The summed E-state index contributed by atoms with van der Waals surface area (Å²) in [4.78, 5) is 37.9. The lowest BCUT2D eigenvalue weighted by atomic mass is 9.86. The van der Waals surface area contributed by atoms with E-state index < -0.39 is 5.92 Å². The Labute approximate surface area is 165 Å². The van der Waals surface area contributed by atoms with Gasteiger partial charge in [-0.1, -0.05) is 17.7 Å². The highest BCUT2D eigenvalue weighted by molar-refractivity contribution is 6.15. The number of rotatable bonds is 5. The molecule has 0 bridgehead atoms. The molecule has 1 aliphatic rings. The Morgan fingerprint density at radius 1 is 1.14 bits per heavy atom. The van der Waals surface area contributed by atoms with E-state index in [-0.39, 0.29) is 29.8 Å². The summed E-state index contributed by atoms with van der Waals surface area (Å²) in [5.74, 6) is -1.27. The summed E-state index contributed by atoms with van der Waals surface area (Å²) in [6.07, 6.45) is 0.713. The Morgan fingerprint density at radius 2 is 1.79 bits per heavy atom. The van der Waals surface area contributed by atoms with Gasteiger partial charge in [-0.25, -0.2) is 0 Å². The van der Waals surface area contributed by atoms with E-state index in [1.807, 2.05) is 39.8 Å². The summed E-state index contributed by atoms with van der Waals surface area (Å²) in [5.41, 5.74) is 5.22. The van der Waals surface area contributed by atoms with Gasteiger partial charge in [0.1, 0.15) is 17.4 Å². The van der Waals surface area contributed by atoms with Gasteiger partial charge < -0.3 is 5.32 Å². The van der Waals surface area contributed by atoms with E-state index >= 15 is 0 Å². The summed E-state index contributed by atoms with van der Waals surface area (Å²) >= 11 is 0. The molecule has 3 rings (SSSR count). The summed E-state index contributed by atoms with van der Waals surface area (Å²) in [5, 5.41) is 7.00. The number of carbonyl (C=O) groups excluding carboxylic acids is 3. The van der Waals surface area contributed by atoms with Gasteiger partial charge in [0.2, 0.25) is 0 Å². The topological polar surface area (TPSA) is 81.1 Å². The van der Waals surface area contributed by atoms with Crippen molar-refractivity contribution in [3.63, 3.8) is 0 Å². The molecule has 1 aliphatic carbocycles. The van der Waals surface area contributed by atoms with Gasteiger partial charge in [-0.2, -0.15) is 5.10 Å². The Kier molecular flexibility index (Phi) is 5.49. The Balaban J connectivity index is 1.66. The second-order valence-corrected chi connectivity index (χ2v) is 7.85. The Bertz CT molecular complexity index is 935. The monoisotopic (exact) mass is 381 g/mol. The van der Waals surface area contributed by atoms with Crippen LogP contribution in [0.15, 0.2) is 18.2 Å². The van der Waals surface area contributed by atoms with Crippen LogP contribution < -0.4 is 5.32 Å². The molecule has 6 nitrogen and oxygen atoms in total. The molecule has 1 amide bonds. The second-order valence-electron chi connectivity index (χ2n) is 7.85. The van der Waals surface area contributed by atoms with Crippen LogP contribution in [0.4, 0.5) is 0 Å². The van der Waals surface area contributed by atoms with E-state index in [9.17, 15) is 14.4 Å². The van der Waals surface area contributed by atoms with Crippen molar-refractivity contribution in [2.24, 2.45) is 13.0 Å². The fraction of sp³-hybridized carbons (Fsp3) is 0.455. The van der Waals surface area contributed by atoms with Crippen LogP contribution >= 0.6 is 0 Å². The highest BCUT2D eigenvalue weighted by Crippen LogP contribution is 2.37. The van der Waals surface area contributed by atoms with Gasteiger partial charge >= 0.3 is 0 Å². The predicted molar refractivity (Wildman–Crippen MR) is 106 cm³/mol. The standard InChI is InChI=1S/C22H27N3O3/c1-12-8-13(2)19(14(3)9-12)20-18(26)11-16(21(20)27)6-7-23-22(28)17-10-15(4)24-25(17)5/h8-10,16,20H,6-7,11H2,1-5H3,(H,23,28). The molecule has 1 heterocycles. The molecule has 0 spiro atoms. The van der Waals surface area contributed by atoms with Crippen molar-refractivity contribution < 1.29 is 14.4 Å². The van der Waals surface area contributed by atoms with Crippen molar-refractivity contribution in [3.05, 3.63) is 51.8 Å². The number of aromatic nitrogens is 2. The molecule has 1 N–H and O–H groups in total. The molecular weight excluding hydrogens is 354 g/mol. The van der Waals surface area contributed by atoms with E-state index in [1.54, 1.807) is 13.1 Å². The maximum Gasteiger partial charge on any atom is 0.269 e. The Morgan fingerprint density at radius 3 is 2.36 bits per heavy atom. The first-order chi connectivity index (χ1) is 13.2. The lowest BCUT2D eigenvalue weighted by Crippen LogP contribution is -2.28. The zero-order valence-electron chi connectivity index (χ0n) is 17.1. The van der Waals surface area contributed by atoms with Crippen LogP contribution in [0.3, 0.4) is 0 Å². The average Bonchev–Trinajstić information content (AvgIpc) is 3.07. The maximum atomic E-state index is 13.0. The smallest absolute Gasteiger partial charge is 0.269 e. The van der Waals surface area contributed by atoms with Gasteiger partial charge in [0.05, 0.1) is 5.69 Å². The quantitative estimate of drug-likeness (QED) is 0.808. The molecule has 1 aromatic heterocycles. The lowest BCUT2D eigenvalue weighted by Gasteiger charge is -2.16. The summed E-state index contributed by atoms with van der Waals surface area (Å²) in [6.45, 7) is 8.11. The third-order valence-corrected chi connectivity index (χ3v) is 5.50. The van der Waals surface area contributed by atoms with Crippen LogP contribution in [0.25, 0.3) is 0 Å². The van der Waals surface area contributed by atoms with Gasteiger partial charge in [-0.05, 0) is 56.9 Å². The number of ketones is 2. The zero-order chi connectivity index (χ0) is 20.6. The molecule has 1 fully saturated rings. The molecule has 1 saturated carbocycles. The number of Topliss-reactive ketones (excluding diaryl/α,β-unsaturated/α-hetero) is 2. The number of aryl methyl sites for hydroxylation is 5. The summed E-state index contributed by atoms with van der Waals surface area (Å²) < 4.78 is 1.54. The third kappa shape index (κ3) is 3.77. The van der Waals surface area contributed by atoms with Gasteiger partial charge in [-0.3, -0.25) is 19.1 Å². The Hall–Kier alpha value is -2.76. The minimum Gasteiger partial charge on any atom is -0.351 e. The minimum atomic E-state index is -0.666. The molecular formula is C22H27N3O3. The summed E-state index contributed by atoms with van der Waals surface area (Å²) in [7, 11) is 1.72. The molecule has 2 unspecified atom stereocenters. The molecule has 6 heteroatoms. The normalized spacial score (nSPS) is 19.3. The van der Waals surface area contributed by atoms with Gasteiger partial charge in [0, 0.05) is 25.9 Å². The third-order valence-electron chi connectivity index (χ3n) is 5.50. The predicted octanol–water partition coefficient (Wildman–Crippen LogP) is 2.72. The highest BCUT2D eigenvalue weighted by atomic mass is 16.2. The van der Waals surface area contributed by atoms with Gasteiger partial charge in [0.15, 0.2) is 5.78 Å². The molecule has 2 aromatic rings. The number of nitrogens with one attached hydrogen (secondary N) is 1. The highest BCUT2D eigenvalue weighted by Gasteiger charge is 2.42. The maximum absolute atomic E-state index is 13.0. The van der Waals surface area contributed by atoms with Crippen molar-refractivity contribution in [2.45, 2.75) is 46.5 Å². The van der Waals surface area contributed by atoms with E-state index in [0.717, 1.165) is 27.9 Å². The van der Waals surface area contributed by atoms with Crippen LogP contribution in [0.2, 0.25) is 0 Å². The number of hydrogen-bond acceptors (Lipinski definition) is 4. The van der Waals surface area contributed by atoms with Gasteiger partial charge in [-0.15, -0.1) is 0 Å². The van der Waals surface area contributed by atoms with Crippen molar-refractivity contribution in [3.8, 4) is 0 Å². The lowest BCUT2D eigenvalue weighted by molar-refractivity contribution is -0.124. The van der Waals surface area contributed by atoms with Crippen molar-refractivity contribution in [1.29, 1.82) is 0 Å². The number of hydrogen-bond donors (Lipinski definition) is 1. The molecule has 0 radical (unpaired) electrons. The average molecular weight is 381 g/mol. The number of amides is 1. The second kappa shape index (κ2) is 7.70. The van der Waals surface area contributed by atoms with Crippen LogP contribution in [-0.2, 0) is 16.6 Å². The van der Waals surface area contributed by atoms with Crippen LogP contribution in [0.1, 0.15) is 57.2 Å². The van der Waals surface area contributed by atoms with Crippen LogP contribution in [0, 0.1) is 33.6 Å². The van der Waals surface area contributed by atoms with Crippen molar-refractivity contribution in [2.75, 3.05) is 6.54 Å². The van der Waals surface area contributed by atoms with Crippen LogP contribution in [0.5, 0.6) is 0 Å². The van der Waals surface area contributed by atoms with Gasteiger partial charge in [0.25, 0.3) is 5.91 Å². The van der Waals surface area contributed by atoms with Crippen molar-refractivity contribution >= 4 is 17.5 Å². The van der Waals surface area contributed by atoms with Crippen molar-refractivity contribution in [1.82, 2.24) is 15.1 Å².